The van der Waals surface area contributed by atoms with E-state index in [1.165, 1.54) is 27.1 Å². The predicted molar refractivity (Wildman–Crippen MR) is 122 cm³/mol. The van der Waals surface area contributed by atoms with E-state index in [0.29, 0.717) is 42.9 Å². The number of rotatable bonds is 6. The van der Waals surface area contributed by atoms with Crippen LogP contribution >= 0.6 is 0 Å². The van der Waals surface area contributed by atoms with Gasteiger partial charge in [-0.15, -0.1) is 0 Å². The highest BCUT2D eigenvalue weighted by molar-refractivity contribution is 7.89. The highest BCUT2D eigenvalue weighted by Crippen LogP contribution is 2.27. The quantitative estimate of drug-likeness (QED) is 0.419. The fourth-order valence-electron chi connectivity index (χ4n) is 4.31. The number of benzene rings is 2. The van der Waals surface area contributed by atoms with Gasteiger partial charge in [-0.1, -0.05) is 0 Å². The summed E-state index contributed by atoms with van der Waals surface area (Å²) in [4.78, 5) is 36.3. The van der Waals surface area contributed by atoms with E-state index in [-0.39, 0.29) is 29.4 Å². The number of hydrogen-bond acceptors (Lipinski definition) is 7. The van der Waals surface area contributed by atoms with Crippen LogP contribution in [0.3, 0.4) is 0 Å². The number of nitrogens with one attached hydrogen (secondary N) is 1. The van der Waals surface area contributed by atoms with Crippen molar-refractivity contribution >= 4 is 38.7 Å². The van der Waals surface area contributed by atoms with Crippen molar-refractivity contribution in [2.75, 3.05) is 18.4 Å². The molecule has 0 atom stereocenters. The number of aryl methyl sites for hydroxylation is 2. The highest BCUT2D eigenvalue weighted by atomic mass is 32.2. The van der Waals surface area contributed by atoms with Gasteiger partial charge in [0.25, 0.3) is 0 Å². The molecule has 0 saturated carbocycles. The van der Waals surface area contributed by atoms with Crippen molar-refractivity contribution < 1.29 is 27.2 Å². The molecule has 3 heterocycles. The molecule has 178 valence electrons. The van der Waals surface area contributed by atoms with Crippen LogP contribution < -0.4 is 15.8 Å². The second kappa shape index (κ2) is 8.73. The number of esters is 1. The number of oxazole rings is 1. The molecule has 0 bridgehead atoms. The Hall–Kier alpha value is -3.44. The molecule has 11 heteroatoms. The molecule has 1 aromatic heterocycles. The van der Waals surface area contributed by atoms with Crippen LogP contribution in [0.5, 0.6) is 5.75 Å². The van der Waals surface area contributed by atoms with Gasteiger partial charge in [0, 0.05) is 37.8 Å². The SMILES string of the molecule is O=C1CCc2cc(OC(=O)CCn3c(=O)oc4cc(S(=O)(=O)N5CCCC5)ccc43)ccc2N1. The number of amides is 1. The van der Waals surface area contributed by atoms with Crippen LogP contribution in [-0.2, 0) is 32.6 Å². The first-order valence-corrected chi connectivity index (χ1v) is 12.5. The van der Waals surface area contributed by atoms with Crippen LogP contribution in [0.25, 0.3) is 11.1 Å². The predicted octanol–water partition coefficient (Wildman–Crippen LogP) is 2.26. The van der Waals surface area contributed by atoms with E-state index >= 15 is 0 Å². The van der Waals surface area contributed by atoms with E-state index in [1.54, 1.807) is 18.2 Å². The van der Waals surface area contributed by atoms with Crippen molar-refractivity contribution in [2.24, 2.45) is 0 Å². The van der Waals surface area contributed by atoms with Crippen molar-refractivity contribution in [3.05, 3.63) is 52.5 Å². The lowest BCUT2D eigenvalue weighted by molar-refractivity contribution is -0.134. The summed E-state index contributed by atoms with van der Waals surface area (Å²) in [5, 5.41) is 2.77. The third-order valence-electron chi connectivity index (χ3n) is 6.09. The fourth-order valence-corrected chi connectivity index (χ4v) is 5.84. The van der Waals surface area contributed by atoms with Gasteiger partial charge in [-0.05, 0) is 55.2 Å². The fraction of sp³-hybridized carbons (Fsp3) is 0.348. The van der Waals surface area contributed by atoms with Crippen molar-refractivity contribution in [1.82, 2.24) is 8.87 Å². The lowest BCUT2D eigenvalue weighted by atomic mass is 10.0. The zero-order valence-corrected chi connectivity index (χ0v) is 19.1. The van der Waals surface area contributed by atoms with Gasteiger partial charge in [-0.3, -0.25) is 14.2 Å². The van der Waals surface area contributed by atoms with E-state index in [0.717, 1.165) is 18.4 Å². The maximum absolute atomic E-state index is 12.8. The summed E-state index contributed by atoms with van der Waals surface area (Å²) in [5.74, 6) is -0.894. The highest BCUT2D eigenvalue weighted by Gasteiger charge is 2.28. The van der Waals surface area contributed by atoms with Crippen molar-refractivity contribution in [3.8, 4) is 5.75 Å². The summed E-state index contributed by atoms with van der Waals surface area (Å²) in [6, 6.07) is 9.33. The van der Waals surface area contributed by atoms with Crippen molar-refractivity contribution in [3.63, 3.8) is 0 Å². The van der Waals surface area contributed by atoms with Gasteiger partial charge >= 0.3 is 11.7 Å². The first-order valence-electron chi connectivity index (χ1n) is 11.1. The lowest BCUT2D eigenvalue weighted by Gasteiger charge is -2.17. The topological polar surface area (TPSA) is 128 Å². The van der Waals surface area contributed by atoms with Crippen LogP contribution in [0.2, 0.25) is 0 Å². The van der Waals surface area contributed by atoms with Crippen molar-refractivity contribution in [1.29, 1.82) is 0 Å². The number of fused-ring (bicyclic) bond motifs is 2. The summed E-state index contributed by atoms with van der Waals surface area (Å²) in [5.41, 5.74) is 2.15. The molecule has 2 aliphatic rings. The third kappa shape index (κ3) is 4.24. The van der Waals surface area contributed by atoms with Crippen LogP contribution in [0, 0.1) is 0 Å². The molecule has 0 aliphatic carbocycles. The maximum atomic E-state index is 12.8. The lowest BCUT2D eigenvalue weighted by Crippen LogP contribution is -2.27. The molecule has 1 saturated heterocycles. The van der Waals surface area contributed by atoms with Gasteiger partial charge in [-0.2, -0.15) is 4.31 Å². The Morgan fingerprint density at radius 3 is 2.65 bits per heavy atom. The number of aromatic nitrogens is 1. The van der Waals surface area contributed by atoms with E-state index in [9.17, 15) is 22.8 Å². The Morgan fingerprint density at radius 2 is 1.85 bits per heavy atom. The molecular weight excluding hydrogens is 462 g/mol. The van der Waals surface area contributed by atoms with E-state index in [1.807, 2.05) is 0 Å². The normalized spacial score (nSPS) is 16.4. The molecule has 2 aromatic carbocycles. The second-order valence-electron chi connectivity index (χ2n) is 8.35. The standard InChI is InChI=1S/C23H23N3O7S/c27-21-8-3-15-13-16(4-6-18(15)24-21)32-22(28)9-12-26-19-7-5-17(14-20(19)33-23(26)29)34(30,31)25-10-1-2-11-25/h4-7,13-14H,1-3,8-12H2,(H,24,27). The molecule has 3 aromatic rings. The van der Waals surface area contributed by atoms with Gasteiger partial charge in [0.1, 0.15) is 5.75 Å². The Kier molecular flexibility index (Phi) is 5.74. The number of nitrogens with zero attached hydrogens (tertiary/aromatic N) is 2. The van der Waals surface area contributed by atoms with Crippen molar-refractivity contribution in [2.45, 2.75) is 43.5 Å². The van der Waals surface area contributed by atoms with E-state index in [4.69, 9.17) is 9.15 Å². The van der Waals surface area contributed by atoms with Gasteiger partial charge in [-0.25, -0.2) is 13.2 Å². The Morgan fingerprint density at radius 1 is 1.06 bits per heavy atom. The zero-order chi connectivity index (χ0) is 23.9. The summed E-state index contributed by atoms with van der Waals surface area (Å²) in [7, 11) is -3.64. The summed E-state index contributed by atoms with van der Waals surface area (Å²) in [6.45, 7) is 0.975. The van der Waals surface area contributed by atoms with Gasteiger partial charge in [0.2, 0.25) is 15.9 Å². The first-order chi connectivity index (χ1) is 16.3. The molecule has 34 heavy (non-hydrogen) atoms. The number of hydrogen-bond donors (Lipinski definition) is 1. The summed E-state index contributed by atoms with van der Waals surface area (Å²) >= 11 is 0. The molecule has 2 aliphatic heterocycles. The number of carbonyl (C=O) groups is 2. The molecule has 1 amide bonds. The van der Waals surface area contributed by atoms with Crippen LogP contribution in [-0.4, -0.2) is 42.3 Å². The third-order valence-corrected chi connectivity index (χ3v) is 7.98. The minimum absolute atomic E-state index is 0.0177. The van der Waals surface area contributed by atoms with E-state index < -0.39 is 21.7 Å². The molecule has 10 nitrogen and oxygen atoms in total. The van der Waals surface area contributed by atoms with Gasteiger partial charge < -0.3 is 14.5 Å². The largest absolute Gasteiger partial charge is 0.426 e. The average molecular weight is 486 g/mol. The minimum Gasteiger partial charge on any atom is -0.426 e. The molecule has 1 fully saturated rings. The maximum Gasteiger partial charge on any atom is 0.419 e. The Balaban J connectivity index is 1.28. The number of ether oxygens (including phenoxy) is 1. The number of anilines is 1. The van der Waals surface area contributed by atoms with Crippen LogP contribution in [0.4, 0.5) is 5.69 Å². The average Bonchev–Trinajstić information content (AvgIpc) is 3.45. The van der Waals surface area contributed by atoms with Gasteiger partial charge in [0.15, 0.2) is 5.58 Å². The molecule has 0 radical (unpaired) electrons. The zero-order valence-electron chi connectivity index (χ0n) is 18.3. The summed E-state index contributed by atoms with van der Waals surface area (Å²) < 4.78 is 38.9. The number of carbonyl (C=O) groups excluding carboxylic acids is 2. The molecule has 0 spiro atoms. The Labute approximate surface area is 195 Å². The number of sulfonamides is 1. The first kappa shape index (κ1) is 22.4. The Bertz CT molecular complexity index is 1450. The minimum atomic E-state index is -3.64. The smallest absolute Gasteiger partial charge is 0.419 e. The van der Waals surface area contributed by atoms with Crippen LogP contribution in [0.1, 0.15) is 31.2 Å². The molecule has 0 unspecified atom stereocenters. The van der Waals surface area contributed by atoms with Gasteiger partial charge in [0.05, 0.1) is 16.8 Å². The molecule has 1 N–H and O–H groups in total. The monoisotopic (exact) mass is 485 g/mol. The molecule has 5 rings (SSSR count). The second-order valence-corrected chi connectivity index (χ2v) is 10.3. The van der Waals surface area contributed by atoms with E-state index in [2.05, 4.69) is 5.32 Å². The summed E-state index contributed by atoms with van der Waals surface area (Å²) in [6.07, 6.45) is 2.51. The molecular formula is C23H23N3O7S. The van der Waals surface area contributed by atoms with Crippen LogP contribution in [0.15, 0.2) is 50.5 Å².